The van der Waals surface area contributed by atoms with Crippen molar-refractivity contribution in [3.63, 3.8) is 0 Å². The minimum atomic E-state index is -0.610. The first-order valence-corrected chi connectivity index (χ1v) is 9.08. The van der Waals surface area contributed by atoms with Crippen molar-refractivity contribution >= 4 is 23.4 Å². The first-order valence-electron chi connectivity index (χ1n) is 9.08. The van der Waals surface area contributed by atoms with Gasteiger partial charge in [-0.05, 0) is 51.7 Å². The minimum absolute atomic E-state index is 0.0869. The van der Waals surface area contributed by atoms with E-state index in [9.17, 15) is 9.59 Å². The van der Waals surface area contributed by atoms with Gasteiger partial charge in [-0.15, -0.1) is 0 Å². The highest BCUT2D eigenvalue weighted by Crippen LogP contribution is 2.19. The van der Waals surface area contributed by atoms with Crippen molar-refractivity contribution in [2.75, 3.05) is 23.3 Å². The smallest absolute Gasteiger partial charge is 0.321 e. The van der Waals surface area contributed by atoms with Crippen molar-refractivity contribution in [2.45, 2.75) is 58.5 Å². The van der Waals surface area contributed by atoms with Crippen LogP contribution in [0.5, 0.6) is 0 Å². The number of urea groups is 1. The Morgan fingerprint density at radius 2 is 1.88 bits per heavy atom. The molecule has 0 unspecified atom stereocenters. The van der Waals surface area contributed by atoms with Crippen LogP contribution in [0.4, 0.5) is 16.3 Å². The molecule has 0 saturated carbocycles. The molecule has 25 heavy (non-hydrogen) atoms. The van der Waals surface area contributed by atoms with Crippen molar-refractivity contribution in [3.05, 3.63) is 18.3 Å². The molecule has 7 nitrogen and oxygen atoms in total. The number of nitrogens with one attached hydrogen (secondary N) is 3. The van der Waals surface area contributed by atoms with Gasteiger partial charge in [0.1, 0.15) is 11.9 Å². The van der Waals surface area contributed by atoms with Gasteiger partial charge in [-0.3, -0.25) is 10.1 Å². The third kappa shape index (κ3) is 5.92. The van der Waals surface area contributed by atoms with Crippen LogP contribution >= 0.6 is 0 Å². The fourth-order valence-corrected chi connectivity index (χ4v) is 2.68. The quantitative estimate of drug-likeness (QED) is 0.738. The first kappa shape index (κ1) is 19.0. The Bertz CT molecular complexity index is 569. The molecule has 138 valence electrons. The molecule has 0 radical (unpaired) electrons. The maximum absolute atomic E-state index is 12.0. The Morgan fingerprint density at radius 1 is 1.16 bits per heavy atom. The largest absolute Gasteiger partial charge is 0.370 e. The number of anilines is 2. The molecule has 2 heterocycles. The van der Waals surface area contributed by atoms with E-state index < -0.39 is 12.1 Å². The molecule has 7 heteroatoms. The molecule has 0 spiro atoms. The number of hydrogen-bond donors (Lipinski definition) is 3. The number of aromatic nitrogens is 1. The van der Waals surface area contributed by atoms with E-state index in [0.29, 0.717) is 5.82 Å². The van der Waals surface area contributed by atoms with Gasteiger partial charge in [0.2, 0.25) is 5.91 Å². The predicted molar refractivity (Wildman–Crippen MR) is 99.8 cm³/mol. The molecule has 0 bridgehead atoms. The molecule has 3 N–H and O–H groups in total. The Morgan fingerprint density at radius 3 is 2.48 bits per heavy atom. The second-order valence-corrected chi connectivity index (χ2v) is 6.59. The maximum Gasteiger partial charge on any atom is 0.321 e. The third-order valence-corrected chi connectivity index (χ3v) is 4.45. The van der Waals surface area contributed by atoms with Crippen LogP contribution in [-0.2, 0) is 4.79 Å². The second-order valence-electron chi connectivity index (χ2n) is 6.59. The molecule has 1 aromatic rings. The summed E-state index contributed by atoms with van der Waals surface area (Å²) in [7, 11) is 0. The molecule has 1 saturated heterocycles. The van der Waals surface area contributed by atoms with Crippen LogP contribution in [0, 0.1) is 0 Å². The zero-order valence-corrected chi connectivity index (χ0v) is 15.3. The number of piperidine rings is 1. The van der Waals surface area contributed by atoms with Gasteiger partial charge in [0.05, 0.1) is 11.9 Å². The molecule has 2 rings (SSSR count). The van der Waals surface area contributed by atoms with Crippen LogP contribution < -0.4 is 20.9 Å². The van der Waals surface area contributed by atoms with Gasteiger partial charge >= 0.3 is 6.03 Å². The fraction of sp³-hybridized carbons (Fsp3) is 0.611. The normalized spacial score (nSPS) is 16.7. The topological polar surface area (TPSA) is 86.4 Å². The summed E-state index contributed by atoms with van der Waals surface area (Å²) in [4.78, 5) is 30.6. The summed E-state index contributed by atoms with van der Waals surface area (Å²) < 4.78 is 0. The van der Waals surface area contributed by atoms with Gasteiger partial charge in [0.25, 0.3) is 0 Å². The van der Waals surface area contributed by atoms with Gasteiger partial charge in [0.15, 0.2) is 0 Å². The molecular weight excluding hydrogens is 318 g/mol. The molecule has 0 aromatic carbocycles. The Kier molecular flexibility index (Phi) is 7.03. The van der Waals surface area contributed by atoms with E-state index in [1.165, 1.54) is 19.3 Å². The monoisotopic (exact) mass is 347 g/mol. The molecule has 1 fully saturated rings. The lowest BCUT2D eigenvalue weighted by Crippen LogP contribution is -2.48. The number of pyridine rings is 1. The predicted octanol–water partition coefficient (Wildman–Crippen LogP) is 2.50. The first-order chi connectivity index (χ1) is 12.0. The number of carbonyl (C=O) groups is 2. The van der Waals surface area contributed by atoms with Crippen molar-refractivity contribution in [2.24, 2.45) is 0 Å². The highest BCUT2D eigenvalue weighted by atomic mass is 16.2. The zero-order chi connectivity index (χ0) is 18.2. The molecule has 0 aliphatic carbocycles. The highest BCUT2D eigenvalue weighted by Gasteiger charge is 2.17. The summed E-state index contributed by atoms with van der Waals surface area (Å²) >= 11 is 0. The van der Waals surface area contributed by atoms with Crippen LogP contribution in [0.15, 0.2) is 18.3 Å². The number of nitrogens with zero attached hydrogens (tertiary/aromatic N) is 2. The second kappa shape index (κ2) is 9.25. The molecule has 1 aliphatic rings. The Balaban J connectivity index is 1.82. The van der Waals surface area contributed by atoms with Crippen LogP contribution in [0.25, 0.3) is 0 Å². The Labute approximate surface area is 149 Å². The summed E-state index contributed by atoms with van der Waals surface area (Å²) in [6, 6.07) is 2.79. The van der Waals surface area contributed by atoms with Crippen molar-refractivity contribution < 1.29 is 9.59 Å². The number of amides is 3. The average Bonchev–Trinajstić information content (AvgIpc) is 2.62. The lowest BCUT2D eigenvalue weighted by molar-refractivity contribution is -0.123. The zero-order valence-electron chi connectivity index (χ0n) is 15.3. The summed E-state index contributed by atoms with van der Waals surface area (Å²) in [5, 5.41) is 8.13. The van der Waals surface area contributed by atoms with Gasteiger partial charge in [-0.25, -0.2) is 9.78 Å². The summed E-state index contributed by atoms with van der Waals surface area (Å²) in [5.74, 6) is 0.269. The molecule has 1 aromatic heterocycles. The van der Waals surface area contributed by atoms with Crippen molar-refractivity contribution in [1.29, 1.82) is 0 Å². The molecule has 3 amide bonds. The van der Waals surface area contributed by atoms with E-state index in [0.717, 1.165) is 25.2 Å². The van der Waals surface area contributed by atoms with Gasteiger partial charge in [-0.2, -0.15) is 0 Å². The number of rotatable bonds is 6. The van der Waals surface area contributed by atoms with E-state index in [2.05, 4.69) is 25.8 Å². The van der Waals surface area contributed by atoms with Crippen LogP contribution in [0.1, 0.15) is 46.5 Å². The maximum atomic E-state index is 12.0. The van der Waals surface area contributed by atoms with E-state index in [1.54, 1.807) is 19.2 Å². The molecular formula is C18H29N5O2. The van der Waals surface area contributed by atoms with E-state index >= 15 is 0 Å². The summed E-state index contributed by atoms with van der Waals surface area (Å²) in [5.41, 5.74) is 1.08. The van der Waals surface area contributed by atoms with Crippen LogP contribution in [-0.4, -0.2) is 42.1 Å². The minimum Gasteiger partial charge on any atom is -0.370 e. The Hall–Kier alpha value is -2.31. The number of carbonyl (C=O) groups excluding carboxylic acids is 2. The van der Waals surface area contributed by atoms with Crippen molar-refractivity contribution in [1.82, 2.24) is 15.6 Å². The molecule has 2 atom stereocenters. The number of hydrogen-bond acceptors (Lipinski definition) is 4. The van der Waals surface area contributed by atoms with Crippen molar-refractivity contribution in [3.8, 4) is 0 Å². The third-order valence-electron chi connectivity index (χ3n) is 4.45. The fourth-order valence-electron chi connectivity index (χ4n) is 2.68. The highest BCUT2D eigenvalue weighted by molar-refractivity contribution is 5.93. The van der Waals surface area contributed by atoms with Gasteiger partial charge in [-0.1, -0.05) is 6.92 Å². The lowest BCUT2D eigenvalue weighted by Gasteiger charge is -2.28. The average molecular weight is 347 g/mol. The van der Waals surface area contributed by atoms with E-state index in [-0.39, 0.29) is 11.9 Å². The van der Waals surface area contributed by atoms with Crippen LogP contribution in [0.3, 0.4) is 0 Å². The van der Waals surface area contributed by atoms with E-state index in [4.69, 9.17) is 0 Å². The van der Waals surface area contributed by atoms with Crippen LogP contribution in [0.2, 0.25) is 0 Å². The summed E-state index contributed by atoms with van der Waals surface area (Å²) in [6.07, 6.45) is 6.32. The molecule has 1 aliphatic heterocycles. The SMILES string of the molecule is CC[C@H](C)NC(=O)[C@H](C)NC(=O)Nc1ccc(N2CCCCC2)cn1. The summed E-state index contributed by atoms with van der Waals surface area (Å²) in [6.45, 7) is 7.69. The lowest BCUT2D eigenvalue weighted by atomic mass is 10.1. The van der Waals surface area contributed by atoms with Gasteiger partial charge < -0.3 is 15.5 Å². The standard InChI is InChI=1S/C18H29N5O2/c1-4-13(2)20-17(24)14(3)21-18(25)22-16-9-8-15(12-19-16)23-10-6-5-7-11-23/h8-9,12-14H,4-7,10-11H2,1-3H3,(H,20,24)(H2,19,21,22,25)/t13-,14-/m0/s1. The van der Waals surface area contributed by atoms with Gasteiger partial charge in [0, 0.05) is 19.1 Å². The van der Waals surface area contributed by atoms with E-state index in [1.807, 2.05) is 19.9 Å².